The molecule has 0 aromatic heterocycles. The SMILES string of the molecule is CCOc1ccc(NC(=O)[C@@H]2C[C@@H]2C(=O)O)cc1OCC. The van der Waals surface area contributed by atoms with Crippen LogP contribution in [-0.2, 0) is 9.59 Å². The molecular weight excluding hydrogens is 274 g/mol. The summed E-state index contributed by atoms with van der Waals surface area (Å²) in [5, 5.41) is 11.6. The Bertz CT molecular complexity index is 543. The number of carboxylic acids is 1. The molecule has 0 heterocycles. The lowest BCUT2D eigenvalue weighted by Crippen LogP contribution is -2.16. The summed E-state index contributed by atoms with van der Waals surface area (Å²) in [6, 6.07) is 5.12. The van der Waals surface area contributed by atoms with E-state index < -0.39 is 17.8 Å². The maximum atomic E-state index is 11.9. The van der Waals surface area contributed by atoms with E-state index >= 15 is 0 Å². The van der Waals surface area contributed by atoms with Crippen molar-refractivity contribution in [3.05, 3.63) is 18.2 Å². The zero-order valence-electron chi connectivity index (χ0n) is 12.1. The number of hydrogen-bond donors (Lipinski definition) is 2. The fourth-order valence-corrected chi connectivity index (χ4v) is 2.12. The van der Waals surface area contributed by atoms with E-state index in [1.54, 1.807) is 18.2 Å². The molecule has 0 unspecified atom stereocenters. The summed E-state index contributed by atoms with van der Waals surface area (Å²) in [5.74, 6) is -1.01. The second-order valence-electron chi connectivity index (χ2n) is 4.80. The Kier molecular flexibility index (Phi) is 4.67. The third-order valence-corrected chi connectivity index (χ3v) is 3.26. The van der Waals surface area contributed by atoms with Gasteiger partial charge in [-0.05, 0) is 32.4 Å². The van der Waals surface area contributed by atoms with Gasteiger partial charge in [0, 0.05) is 11.8 Å². The summed E-state index contributed by atoms with van der Waals surface area (Å²) in [7, 11) is 0. The number of rotatable bonds is 7. The molecule has 6 heteroatoms. The standard InChI is InChI=1S/C15H19NO5/c1-3-20-12-6-5-9(7-13(12)21-4-2)16-14(17)10-8-11(10)15(18)19/h5-7,10-11H,3-4,8H2,1-2H3,(H,16,17)(H,18,19)/t10-,11+/m1/s1. The number of carbonyl (C=O) groups excluding carboxylic acids is 1. The molecule has 21 heavy (non-hydrogen) atoms. The van der Waals surface area contributed by atoms with Crippen molar-refractivity contribution in [3.8, 4) is 11.5 Å². The predicted molar refractivity (Wildman–Crippen MR) is 76.6 cm³/mol. The summed E-state index contributed by atoms with van der Waals surface area (Å²) in [5.41, 5.74) is 0.572. The predicted octanol–water partition coefficient (Wildman–Crippen LogP) is 2.14. The molecule has 1 amide bonds. The minimum Gasteiger partial charge on any atom is -0.490 e. The van der Waals surface area contributed by atoms with Crippen LogP contribution < -0.4 is 14.8 Å². The van der Waals surface area contributed by atoms with E-state index in [-0.39, 0.29) is 5.91 Å². The van der Waals surface area contributed by atoms with Gasteiger partial charge in [0.1, 0.15) is 0 Å². The first-order chi connectivity index (χ1) is 10.1. The van der Waals surface area contributed by atoms with Gasteiger partial charge in [-0.15, -0.1) is 0 Å². The second-order valence-corrected chi connectivity index (χ2v) is 4.80. The highest BCUT2D eigenvalue weighted by Crippen LogP contribution is 2.40. The van der Waals surface area contributed by atoms with Crippen molar-refractivity contribution < 1.29 is 24.2 Å². The van der Waals surface area contributed by atoms with Gasteiger partial charge in [-0.25, -0.2) is 0 Å². The fourth-order valence-electron chi connectivity index (χ4n) is 2.12. The molecule has 0 aliphatic heterocycles. The number of amides is 1. The minimum absolute atomic E-state index is 0.269. The summed E-state index contributed by atoms with van der Waals surface area (Å²) in [4.78, 5) is 22.7. The van der Waals surface area contributed by atoms with E-state index in [4.69, 9.17) is 14.6 Å². The van der Waals surface area contributed by atoms with Gasteiger partial charge in [0.25, 0.3) is 0 Å². The summed E-state index contributed by atoms with van der Waals surface area (Å²) >= 11 is 0. The first-order valence-electron chi connectivity index (χ1n) is 7.00. The number of aliphatic carboxylic acids is 1. The number of ether oxygens (including phenoxy) is 2. The Morgan fingerprint density at radius 3 is 2.43 bits per heavy atom. The zero-order valence-corrected chi connectivity index (χ0v) is 12.1. The molecule has 2 rings (SSSR count). The van der Waals surface area contributed by atoms with E-state index in [1.165, 1.54) is 0 Å². The molecule has 0 radical (unpaired) electrons. The van der Waals surface area contributed by atoms with Crippen LogP contribution in [0.5, 0.6) is 11.5 Å². The molecule has 1 aromatic rings. The van der Waals surface area contributed by atoms with Crippen molar-refractivity contribution >= 4 is 17.6 Å². The lowest BCUT2D eigenvalue weighted by atomic mass is 10.2. The van der Waals surface area contributed by atoms with Crippen molar-refractivity contribution in [2.24, 2.45) is 11.8 Å². The molecule has 0 spiro atoms. The molecular formula is C15H19NO5. The van der Waals surface area contributed by atoms with Gasteiger partial charge in [0.05, 0.1) is 25.0 Å². The summed E-state index contributed by atoms with van der Waals surface area (Å²) in [6.07, 6.45) is 0.399. The molecule has 114 valence electrons. The monoisotopic (exact) mass is 293 g/mol. The first kappa shape index (κ1) is 15.2. The van der Waals surface area contributed by atoms with Gasteiger partial charge in [-0.3, -0.25) is 9.59 Å². The van der Waals surface area contributed by atoms with Crippen LogP contribution in [0.1, 0.15) is 20.3 Å². The third kappa shape index (κ3) is 3.65. The van der Waals surface area contributed by atoms with Gasteiger partial charge < -0.3 is 19.9 Å². The quantitative estimate of drug-likeness (QED) is 0.804. The molecule has 2 N–H and O–H groups in total. The molecule has 2 atom stereocenters. The maximum Gasteiger partial charge on any atom is 0.307 e. The fraction of sp³-hybridized carbons (Fsp3) is 0.467. The molecule has 1 saturated carbocycles. The van der Waals surface area contributed by atoms with Crippen LogP contribution in [0.15, 0.2) is 18.2 Å². The van der Waals surface area contributed by atoms with E-state index in [1.807, 2.05) is 13.8 Å². The zero-order chi connectivity index (χ0) is 15.4. The Morgan fingerprint density at radius 2 is 1.86 bits per heavy atom. The number of carbonyl (C=O) groups is 2. The third-order valence-electron chi connectivity index (χ3n) is 3.26. The molecule has 0 saturated heterocycles. The van der Waals surface area contributed by atoms with Gasteiger partial charge in [0.15, 0.2) is 11.5 Å². The number of nitrogens with one attached hydrogen (secondary N) is 1. The summed E-state index contributed by atoms with van der Waals surface area (Å²) < 4.78 is 10.9. The van der Waals surface area contributed by atoms with Crippen LogP contribution in [0.25, 0.3) is 0 Å². The topological polar surface area (TPSA) is 84.9 Å². The smallest absolute Gasteiger partial charge is 0.307 e. The maximum absolute atomic E-state index is 11.9. The molecule has 6 nitrogen and oxygen atoms in total. The van der Waals surface area contributed by atoms with Crippen molar-refractivity contribution in [2.45, 2.75) is 20.3 Å². The van der Waals surface area contributed by atoms with Crippen LogP contribution in [-0.4, -0.2) is 30.2 Å². The van der Waals surface area contributed by atoms with Gasteiger partial charge in [0.2, 0.25) is 5.91 Å². The Morgan fingerprint density at radius 1 is 1.19 bits per heavy atom. The number of anilines is 1. The van der Waals surface area contributed by atoms with Crippen molar-refractivity contribution in [1.82, 2.24) is 0 Å². The Labute approximate surface area is 123 Å². The average Bonchev–Trinajstić information content (AvgIpc) is 3.22. The number of hydrogen-bond acceptors (Lipinski definition) is 4. The number of carboxylic acid groups (broad SMARTS) is 1. The lowest BCUT2D eigenvalue weighted by molar-refractivity contribution is -0.139. The minimum atomic E-state index is -0.920. The first-order valence-corrected chi connectivity index (χ1v) is 7.00. The lowest BCUT2D eigenvalue weighted by Gasteiger charge is -2.13. The van der Waals surface area contributed by atoms with Crippen molar-refractivity contribution in [1.29, 1.82) is 0 Å². The molecule has 0 bridgehead atoms. The van der Waals surface area contributed by atoms with E-state index in [0.29, 0.717) is 36.8 Å². The van der Waals surface area contributed by atoms with E-state index in [0.717, 1.165) is 0 Å². The Hall–Kier alpha value is -2.24. The van der Waals surface area contributed by atoms with E-state index in [9.17, 15) is 9.59 Å². The average molecular weight is 293 g/mol. The van der Waals surface area contributed by atoms with Crippen molar-refractivity contribution in [2.75, 3.05) is 18.5 Å². The summed E-state index contributed by atoms with van der Waals surface area (Å²) in [6.45, 7) is 4.75. The Balaban J connectivity index is 2.05. The largest absolute Gasteiger partial charge is 0.490 e. The highest BCUT2D eigenvalue weighted by atomic mass is 16.5. The van der Waals surface area contributed by atoms with Crippen LogP contribution in [0.3, 0.4) is 0 Å². The van der Waals surface area contributed by atoms with Gasteiger partial charge in [-0.2, -0.15) is 0 Å². The highest BCUT2D eigenvalue weighted by molar-refractivity contribution is 5.98. The second kappa shape index (κ2) is 6.47. The van der Waals surface area contributed by atoms with Crippen molar-refractivity contribution in [3.63, 3.8) is 0 Å². The molecule has 1 aromatic carbocycles. The van der Waals surface area contributed by atoms with Crippen LogP contribution in [0.2, 0.25) is 0 Å². The molecule has 1 fully saturated rings. The van der Waals surface area contributed by atoms with Gasteiger partial charge in [-0.1, -0.05) is 0 Å². The van der Waals surface area contributed by atoms with Crippen LogP contribution in [0, 0.1) is 11.8 Å². The normalized spacial score (nSPS) is 19.7. The molecule has 1 aliphatic rings. The van der Waals surface area contributed by atoms with Crippen LogP contribution in [0.4, 0.5) is 5.69 Å². The molecule has 1 aliphatic carbocycles. The number of benzene rings is 1. The van der Waals surface area contributed by atoms with E-state index in [2.05, 4.69) is 5.32 Å². The van der Waals surface area contributed by atoms with Gasteiger partial charge >= 0.3 is 5.97 Å². The van der Waals surface area contributed by atoms with Crippen LogP contribution >= 0.6 is 0 Å². The highest BCUT2D eigenvalue weighted by Gasteiger charge is 2.48.